The molecule has 0 spiro atoms. The zero-order valence-corrected chi connectivity index (χ0v) is 16.2. The quantitative estimate of drug-likeness (QED) is 0.641. The molecule has 0 bridgehead atoms. The molecule has 1 aromatic carbocycles. The summed E-state index contributed by atoms with van der Waals surface area (Å²) in [6, 6.07) is 8.83. The normalized spacial score (nSPS) is 13.7. The molecule has 0 saturated carbocycles. The molecule has 0 radical (unpaired) electrons. The molecule has 0 aliphatic heterocycles. The molecular weight excluding hydrogens is 348 g/mol. The minimum atomic E-state index is -2.05. The molecule has 1 heterocycles. The molecule has 2 rings (SSSR count). The molecule has 1 aromatic heterocycles. The zero-order chi connectivity index (χ0) is 20.4. The van der Waals surface area contributed by atoms with Gasteiger partial charge in [0.2, 0.25) is 0 Å². The first kappa shape index (κ1) is 20.4. The number of aliphatic hydroxyl groups is 1. The van der Waals surface area contributed by atoms with Gasteiger partial charge in [-0.1, -0.05) is 32.9 Å². The molecule has 8 nitrogen and oxygen atoms in total. The molecule has 2 aromatic rings. The number of carbonyl (C=O) groups is 2. The highest BCUT2D eigenvalue weighted by atomic mass is 16.4. The number of nitrogens with one attached hydrogen (secondary N) is 2. The van der Waals surface area contributed by atoms with E-state index < -0.39 is 24.1 Å². The lowest BCUT2D eigenvalue weighted by atomic mass is 9.92. The van der Waals surface area contributed by atoms with Gasteiger partial charge in [0.15, 0.2) is 5.60 Å². The summed E-state index contributed by atoms with van der Waals surface area (Å²) >= 11 is 0. The van der Waals surface area contributed by atoms with Crippen LogP contribution in [-0.2, 0) is 10.2 Å². The summed E-state index contributed by atoms with van der Waals surface area (Å²) in [6.07, 6.45) is 0. The number of benzene rings is 1. The molecule has 0 aliphatic rings. The van der Waals surface area contributed by atoms with Crippen molar-refractivity contribution in [2.24, 2.45) is 0 Å². The number of hydrogen-bond donors (Lipinski definition) is 4. The second-order valence-corrected chi connectivity index (χ2v) is 7.80. The second kappa shape index (κ2) is 7.40. The highest BCUT2D eigenvalue weighted by molar-refractivity contribution is 5.89. The smallest absolute Gasteiger partial charge is 0.337 e. The molecule has 8 heteroatoms. The van der Waals surface area contributed by atoms with Gasteiger partial charge in [-0.2, -0.15) is 5.10 Å². The lowest BCUT2D eigenvalue weighted by Crippen LogP contribution is -2.47. The lowest BCUT2D eigenvalue weighted by Gasteiger charge is -2.18. The van der Waals surface area contributed by atoms with Crippen molar-refractivity contribution in [2.75, 3.05) is 11.9 Å². The fraction of sp³-hybridized carbons (Fsp3) is 0.421. The number of carbonyl (C=O) groups excluding carboxylic acids is 1. The summed E-state index contributed by atoms with van der Waals surface area (Å²) in [5.41, 5.74) is 0.350. The van der Waals surface area contributed by atoms with Crippen molar-refractivity contribution in [3.05, 3.63) is 41.6 Å². The maximum Gasteiger partial charge on any atom is 0.337 e. The van der Waals surface area contributed by atoms with Crippen molar-refractivity contribution >= 4 is 17.8 Å². The minimum absolute atomic E-state index is 0.227. The van der Waals surface area contributed by atoms with Gasteiger partial charge < -0.3 is 15.5 Å². The van der Waals surface area contributed by atoms with Crippen LogP contribution in [0.1, 0.15) is 39.0 Å². The SMILES string of the molecule is Cc1cccc(-n2nc(C(C)(C)C)cc2NC(=O)NCC(C)(O)C(=O)O)c1. The number of aliphatic carboxylic acids is 1. The van der Waals surface area contributed by atoms with Gasteiger partial charge in [0.05, 0.1) is 17.9 Å². The van der Waals surface area contributed by atoms with E-state index >= 15 is 0 Å². The summed E-state index contributed by atoms with van der Waals surface area (Å²) in [5, 5.41) is 28.3. The van der Waals surface area contributed by atoms with Gasteiger partial charge in [-0.05, 0) is 31.5 Å². The third kappa shape index (κ3) is 5.07. The van der Waals surface area contributed by atoms with Crippen LogP contribution in [0.15, 0.2) is 30.3 Å². The van der Waals surface area contributed by atoms with E-state index in [0.29, 0.717) is 5.82 Å². The van der Waals surface area contributed by atoms with Crippen molar-refractivity contribution in [3.63, 3.8) is 0 Å². The Morgan fingerprint density at radius 2 is 1.85 bits per heavy atom. The highest BCUT2D eigenvalue weighted by Gasteiger charge is 2.30. The van der Waals surface area contributed by atoms with E-state index in [9.17, 15) is 14.7 Å². The molecule has 1 unspecified atom stereocenters. The van der Waals surface area contributed by atoms with Crippen LogP contribution < -0.4 is 10.6 Å². The number of carboxylic acids is 1. The summed E-state index contributed by atoms with van der Waals surface area (Å²) in [5.74, 6) is -0.972. The molecule has 1 atom stereocenters. The van der Waals surface area contributed by atoms with Gasteiger partial charge >= 0.3 is 12.0 Å². The van der Waals surface area contributed by atoms with Gasteiger partial charge in [-0.25, -0.2) is 14.3 Å². The van der Waals surface area contributed by atoms with Crippen molar-refractivity contribution in [2.45, 2.75) is 45.6 Å². The van der Waals surface area contributed by atoms with E-state index in [4.69, 9.17) is 5.11 Å². The van der Waals surface area contributed by atoms with E-state index in [1.165, 1.54) is 0 Å². The average Bonchev–Trinajstić information content (AvgIpc) is 2.97. The molecule has 0 aliphatic carbocycles. The first-order chi connectivity index (χ1) is 12.4. The Morgan fingerprint density at radius 1 is 1.19 bits per heavy atom. The third-order valence-electron chi connectivity index (χ3n) is 4.02. The van der Waals surface area contributed by atoms with Crippen LogP contribution >= 0.6 is 0 Å². The van der Waals surface area contributed by atoms with E-state index in [1.807, 2.05) is 52.0 Å². The van der Waals surface area contributed by atoms with Crippen molar-refractivity contribution < 1.29 is 19.8 Å². The highest BCUT2D eigenvalue weighted by Crippen LogP contribution is 2.26. The molecule has 4 N–H and O–H groups in total. The van der Waals surface area contributed by atoms with Gasteiger partial charge in [0, 0.05) is 11.5 Å². The Kier molecular flexibility index (Phi) is 5.60. The number of amides is 2. The number of rotatable bonds is 5. The van der Waals surface area contributed by atoms with Crippen molar-refractivity contribution in [3.8, 4) is 5.69 Å². The second-order valence-electron chi connectivity index (χ2n) is 7.80. The van der Waals surface area contributed by atoms with E-state index in [0.717, 1.165) is 23.9 Å². The van der Waals surface area contributed by atoms with Crippen LogP contribution in [0.5, 0.6) is 0 Å². The fourth-order valence-corrected chi connectivity index (χ4v) is 2.28. The standard InChI is InChI=1S/C19H26N4O4/c1-12-7-6-8-13(9-12)23-15(10-14(22-23)18(2,3)4)21-17(26)20-11-19(5,27)16(24)25/h6-10,27H,11H2,1-5H3,(H,24,25)(H2,20,21,26). The molecule has 146 valence electrons. The van der Waals surface area contributed by atoms with Crippen LogP contribution in [0.4, 0.5) is 10.6 Å². The Balaban J connectivity index is 2.28. The van der Waals surface area contributed by atoms with Crippen LogP contribution in [-0.4, -0.2) is 44.1 Å². The monoisotopic (exact) mass is 374 g/mol. The summed E-state index contributed by atoms with van der Waals surface area (Å²) in [7, 11) is 0. The third-order valence-corrected chi connectivity index (χ3v) is 4.02. The zero-order valence-electron chi connectivity index (χ0n) is 16.2. The number of urea groups is 1. The van der Waals surface area contributed by atoms with Crippen LogP contribution in [0.25, 0.3) is 5.69 Å². The Morgan fingerprint density at radius 3 is 2.41 bits per heavy atom. The minimum Gasteiger partial charge on any atom is -0.479 e. The fourth-order valence-electron chi connectivity index (χ4n) is 2.28. The van der Waals surface area contributed by atoms with Crippen molar-refractivity contribution in [1.82, 2.24) is 15.1 Å². The number of carboxylic acid groups (broad SMARTS) is 1. The van der Waals surface area contributed by atoms with Crippen LogP contribution in [0.2, 0.25) is 0 Å². The van der Waals surface area contributed by atoms with Gasteiger partial charge in [0.1, 0.15) is 5.82 Å². The Labute approximate surface area is 158 Å². The number of nitrogens with zero attached hydrogens (tertiary/aromatic N) is 2. The molecular formula is C19H26N4O4. The summed E-state index contributed by atoms with van der Waals surface area (Å²) in [4.78, 5) is 23.2. The maximum atomic E-state index is 12.2. The molecule has 27 heavy (non-hydrogen) atoms. The van der Waals surface area contributed by atoms with E-state index in [1.54, 1.807) is 10.7 Å². The summed E-state index contributed by atoms with van der Waals surface area (Å²) in [6.45, 7) is 8.70. The van der Waals surface area contributed by atoms with E-state index in [2.05, 4.69) is 15.7 Å². The topological polar surface area (TPSA) is 116 Å². The number of hydrogen-bond acceptors (Lipinski definition) is 4. The molecule has 0 fully saturated rings. The maximum absolute atomic E-state index is 12.2. The van der Waals surface area contributed by atoms with Crippen molar-refractivity contribution in [1.29, 1.82) is 0 Å². The predicted molar refractivity (Wildman–Crippen MR) is 102 cm³/mol. The number of aryl methyl sites for hydroxylation is 1. The summed E-state index contributed by atoms with van der Waals surface area (Å²) < 4.78 is 1.63. The Bertz CT molecular complexity index is 850. The molecule has 0 saturated heterocycles. The molecule has 2 amide bonds. The Hall–Kier alpha value is -2.87. The van der Waals surface area contributed by atoms with Gasteiger partial charge in [-0.15, -0.1) is 0 Å². The van der Waals surface area contributed by atoms with Gasteiger partial charge in [-0.3, -0.25) is 5.32 Å². The van der Waals surface area contributed by atoms with Crippen LogP contribution in [0.3, 0.4) is 0 Å². The lowest BCUT2D eigenvalue weighted by molar-refractivity contribution is -0.155. The average molecular weight is 374 g/mol. The number of anilines is 1. The number of aromatic nitrogens is 2. The predicted octanol–water partition coefficient (Wildman–Crippen LogP) is 2.44. The first-order valence-corrected chi connectivity index (χ1v) is 8.58. The van der Waals surface area contributed by atoms with Crippen LogP contribution in [0, 0.1) is 6.92 Å². The van der Waals surface area contributed by atoms with E-state index in [-0.39, 0.29) is 5.41 Å². The largest absolute Gasteiger partial charge is 0.479 e. The first-order valence-electron chi connectivity index (χ1n) is 8.58. The van der Waals surface area contributed by atoms with Gasteiger partial charge in [0.25, 0.3) is 0 Å².